The van der Waals surface area contributed by atoms with Gasteiger partial charge < -0.3 is 20.5 Å². The van der Waals surface area contributed by atoms with Crippen LogP contribution in [0.4, 0.5) is 4.79 Å². The number of aliphatic carboxylic acids is 1. The SMILES string of the molecule is CC(NC(=O)CNC(=O)OCC1c2ccccc2-c2ccccc21)C(=O)O. The zero-order valence-electron chi connectivity index (χ0n) is 14.8. The molecule has 1 unspecified atom stereocenters. The molecule has 0 saturated heterocycles. The third-order valence-electron chi connectivity index (χ3n) is 4.48. The van der Waals surface area contributed by atoms with Gasteiger partial charge in [-0.1, -0.05) is 48.5 Å². The van der Waals surface area contributed by atoms with Crippen molar-refractivity contribution in [1.82, 2.24) is 10.6 Å². The van der Waals surface area contributed by atoms with E-state index < -0.39 is 24.0 Å². The van der Waals surface area contributed by atoms with Gasteiger partial charge >= 0.3 is 12.1 Å². The fourth-order valence-electron chi connectivity index (χ4n) is 3.16. The van der Waals surface area contributed by atoms with Crippen LogP contribution >= 0.6 is 0 Å². The minimum atomic E-state index is -1.15. The standard InChI is InChI=1S/C20H20N2O5/c1-12(19(24)25)22-18(23)10-21-20(26)27-11-17-15-8-4-2-6-13(15)14-7-3-5-9-16(14)17/h2-9,12,17H,10-11H2,1H3,(H,21,26)(H,22,23)(H,24,25). The third-order valence-corrected chi connectivity index (χ3v) is 4.48. The molecule has 27 heavy (non-hydrogen) atoms. The van der Waals surface area contributed by atoms with Crippen LogP contribution in [0.5, 0.6) is 0 Å². The molecule has 0 fully saturated rings. The van der Waals surface area contributed by atoms with Crippen molar-refractivity contribution in [3.8, 4) is 11.1 Å². The summed E-state index contributed by atoms with van der Waals surface area (Å²) in [5.74, 6) is -1.81. The minimum absolute atomic E-state index is 0.0657. The summed E-state index contributed by atoms with van der Waals surface area (Å²) in [5, 5.41) is 13.3. The minimum Gasteiger partial charge on any atom is -0.480 e. The summed E-state index contributed by atoms with van der Waals surface area (Å²) in [6.07, 6.45) is -0.727. The molecule has 0 radical (unpaired) electrons. The molecule has 0 aliphatic heterocycles. The van der Waals surface area contributed by atoms with Gasteiger partial charge in [-0.25, -0.2) is 4.79 Å². The summed E-state index contributed by atoms with van der Waals surface area (Å²) in [6, 6.07) is 14.9. The van der Waals surface area contributed by atoms with E-state index in [1.807, 2.05) is 48.5 Å². The Morgan fingerprint density at radius 1 is 1.04 bits per heavy atom. The number of alkyl carbamates (subject to hydrolysis) is 1. The highest BCUT2D eigenvalue weighted by Crippen LogP contribution is 2.44. The second-order valence-corrected chi connectivity index (χ2v) is 6.31. The summed E-state index contributed by atoms with van der Waals surface area (Å²) >= 11 is 0. The molecular weight excluding hydrogens is 348 g/mol. The first-order valence-corrected chi connectivity index (χ1v) is 8.58. The molecule has 1 atom stereocenters. The predicted octanol–water partition coefficient (Wildman–Crippen LogP) is 2.11. The highest BCUT2D eigenvalue weighted by Gasteiger charge is 2.29. The van der Waals surface area contributed by atoms with Crippen molar-refractivity contribution in [1.29, 1.82) is 0 Å². The summed E-state index contributed by atoms with van der Waals surface area (Å²) < 4.78 is 5.30. The van der Waals surface area contributed by atoms with Gasteiger partial charge in [0, 0.05) is 5.92 Å². The molecule has 0 spiro atoms. The average molecular weight is 368 g/mol. The number of carboxylic acids is 1. The first kappa shape index (κ1) is 18.4. The van der Waals surface area contributed by atoms with Crippen LogP contribution in [0.3, 0.4) is 0 Å². The van der Waals surface area contributed by atoms with Gasteiger partial charge in [0.25, 0.3) is 0 Å². The molecule has 140 valence electrons. The number of hydrogen-bond acceptors (Lipinski definition) is 4. The predicted molar refractivity (Wildman–Crippen MR) is 98.3 cm³/mol. The number of amides is 2. The van der Waals surface area contributed by atoms with Crippen LogP contribution < -0.4 is 10.6 Å². The summed E-state index contributed by atoms with van der Waals surface area (Å²) in [4.78, 5) is 34.2. The molecule has 1 aliphatic rings. The number of fused-ring (bicyclic) bond motifs is 3. The van der Waals surface area contributed by atoms with Gasteiger partial charge in [-0.2, -0.15) is 0 Å². The van der Waals surface area contributed by atoms with Gasteiger partial charge in [0.1, 0.15) is 19.2 Å². The van der Waals surface area contributed by atoms with Crippen molar-refractivity contribution in [3.05, 3.63) is 59.7 Å². The van der Waals surface area contributed by atoms with Gasteiger partial charge in [0.2, 0.25) is 5.91 Å². The van der Waals surface area contributed by atoms with E-state index in [1.165, 1.54) is 6.92 Å². The number of ether oxygens (including phenoxy) is 1. The maximum Gasteiger partial charge on any atom is 0.407 e. The van der Waals surface area contributed by atoms with Crippen LogP contribution in [0.15, 0.2) is 48.5 Å². The van der Waals surface area contributed by atoms with Crippen molar-refractivity contribution in [3.63, 3.8) is 0 Å². The molecule has 0 aromatic heterocycles. The quantitative estimate of drug-likeness (QED) is 0.724. The molecule has 7 nitrogen and oxygen atoms in total. The lowest BCUT2D eigenvalue weighted by Crippen LogP contribution is -2.44. The third kappa shape index (κ3) is 4.08. The second-order valence-electron chi connectivity index (χ2n) is 6.31. The first-order chi connectivity index (χ1) is 13.0. The van der Waals surface area contributed by atoms with Crippen molar-refractivity contribution >= 4 is 18.0 Å². The first-order valence-electron chi connectivity index (χ1n) is 8.58. The second kappa shape index (κ2) is 7.90. The lowest BCUT2D eigenvalue weighted by molar-refractivity contribution is -0.141. The van der Waals surface area contributed by atoms with E-state index in [1.54, 1.807) is 0 Å². The van der Waals surface area contributed by atoms with Gasteiger partial charge in [-0.15, -0.1) is 0 Å². The topological polar surface area (TPSA) is 105 Å². The van der Waals surface area contributed by atoms with Gasteiger partial charge in [0.15, 0.2) is 0 Å². The Labute approximate surface area is 156 Å². The zero-order valence-corrected chi connectivity index (χ0v) is 14.8. The van der Waals surface area contributed by atoms with E-state index in [4.69, 9.17) is 9.84 Å². The molecule has 2 aromatic rings. The number of benzene rings is 2. The van der Waals surface area contributed by atoms with Crippen LogP contribution in [0.1, 0.15) is 24.0 Å². The fourth-order valence-corrected chi connectivity index (χ4v) is 3.16. The largest absolute Gasteiger partial charge is 0.480 e. The zero-order chi connectivity index (χ0) is 19.4. The van der Waals surface area contributed by atoms with E-state index in [9.17, 15) is 14.4 Å². The van der Waals surface area contributed by atoms with Crippen molar-refractivity contribution in [2.24, 2.45) is 0 Å². The molecule has 0 saturated carbocycles. The van der Waals surface area contributed by atoms with Gasteiger partial charge in [0.05, 0.1) is 0 Å². The number of carboxylic acid groups (broad SMARTS) is 1. The van der Waals surface area contributed by atoms with Crippen LogP contribution in [0.25, 0.3) is 11.1 Å². The Bertz CT molecular complexity index is 835. The summed E-state index contributed by atoms with van der Waals surface area (Å²) in [7, 11) is 0. The number of carbonyl (C=O) groups is 3. The number of hydrogen-bond donors (Lipinski definition) is 3. The van der Waals surface area contributed by atoms with E-state index in [0.717, 1.165) is 22.3 Å². The molecular formula is C20H20N2O5. The van der Waals surface area contributed by atoms with E-state index in [0.29, 0.717) is 0 Å². The summed E-state index contributed by atoms with van der Waals surface area (Å²) in [5.41, 5.74) is 4.45. The maximum absolute atomic E-state index is 11.9. The van der Waals surface area contributed by atoms with Crippen LogP contribution in [-0.4, -0.2) is 42.3 Å². The molecule has 0 bridgehead atoms. The highest BCUT2D eigenvalue weighted by molar-refractivity contribution is 5.86. The van der Waals surface area contributed by atoms with E-state index in [2.05, 4.69) is 10.6 Å². The van der Waals surface area contributed by atoms with Crippen LogP contribution in [0.2, 0.25) is 0 Å². The maximum atomic E-state index is 11.9. The Kier molecular flexibility index (Phi) is 5.40. The molecule has 0 heterocycles. The fraction of sp³-hybridized carbons (Fsp3) is 0.250. The molecule has 2 aromatic carbocycles. The lowest BCUT2D eigenvalue weighted by atomic mass is 9.98. The van der Waals surface area contributed by atoms with Crippen LogP contribution in [0, 0.1) is 0 Å². The van der Waals surface area contributed by atoms with E-state index in [-0.39, 0.29) is 19.1 Å². The summed E-state index contributed by atoms with van der Waals surface area (Å²) in [6.45, 7) is 1.13. The molecule has 3 N–H and O–H groups in total. The normalized spacial score (nSPS) is 13.2. The highest BCUT2D eigenvalue weighted by atomic mass is 16.5. The van der Waals surface area contributed by atoms with Crippen molar-refractivity contribution < 1.29 is 24.2 Å². The lowest BCUT2D eigenvalue weighted by Gasteiger charge is -2.15. The molecule has 3 rings (SSSR count). The molecule has 7 heteroatoms. The Hall–Kier alpha value is -3.35. The van der Waals surface area contributed by atoms with Crippen LogP contribution in [-0.2, 0) is 14.3 Å². The van der Waals surface area contributed by atoms with Crippen molar-refractivity contribution in [2.45, 2.75) is 18.9 Å². The van der Waals surface area contributed by atoms with E-state index >= 15 is 0 Å². The number of nitrogens with one attached hydrogen (secondary N) is 2. The Morgan fingerprint density at radius 2 is 1.59 bits per heavy atom. The van der Waals surface area contributed by atoms with Crippen molar-refractivity contribution in [2.75, 3.05) is 13.2 Å². The smallest absolute Gasteiger partial charge is 0.407 e. The van der Waals surface area contributed by atoms with Gasteiger partial charge in [-0.3, -0.25) is 9.59 Å². The molecule has 1 aliphatic carbocycles. The van der Waals surface area contributed by atoms with Gasteiger partial charge in [-0.05, 0) is 29.2 Å². The average Bonchev–Trinajstić information content (AvgIpc) is 2.98. The molecule has 2 amide bonds. The monoisotopic (exact) mass is 368 g/mol. The Balaban J connectivity index is 1.57. The Morgan fingerprint density at radius 3 is 2.15 bits per heavy atom. The number of rotatable bonds is 6. The number of carbonyl (C=O) groups excluding carboxylic acids is 2.